The molecule has 0 radical (unpaired) electrons. The average Bonchev–Trinajstić information content (AvgIpc) is 3.18. The lowest BCUT2D eigenvalue weighted by atomic mass is 10.1. The Hall–Kier alpha value is -3.04. The van der Waals surface area contributed by atoms with Crippen LogP contribution in [0.2, 0.25) is 0 Å². The average molecular weight is 424 g/mol. The molecule has 0 fully saturated rings. The van der Waals surface area contributed by atoms with Crippen molar-refractivity contribution in [3.05, 3.63) is 76.2 Å². The predicted octanol–water partition coefficient (Wildman–Crippen LogP) is 3.64. The lowest BCUT2D eigenvalue weighted by Crippen LogP contribution is -2.14. The van der Waals surface area contributed by atoms with E-state index < -0.39 is 0 Å². The van der Waals surface area contributed by atoms with E-state index in [2.05, 4.69) is 25.5 Å². The van der Waals surface area contributed by atoms with Crippen LogP contribution in [0.15, 0.2) is 63.7 Å². The number of aromatic amines is 1. The van der Waals surface area contributed by atoms with E-state index >= 15 is 0 Å². The summed E-state index contributed by atoms with van der Waals surface area (Å²) in [4.78, 5) is 31.5. The van der Waals surface area contributed by atoms with Crippen molar-refractivity contribution in [3.8, 4) is 0 Å². The van der Waals surface area contributed by atoms with Crippen molar-refractivity contribution in [2.45, 2.75) is 22.9 Å². The first-order valence-corrected chi connectivity index (χ1v) is 10.8. The van der Waals surface area contributed by atoms with E-state index in [-0.39, 0.29) is 11.5 Å². The number of rotatable bonds is 7. The first-order valence-electron chi connectivity index (χ1n) is 8.95. The number of nitrogens with zero attached hydrogens (tertiary/aromatic N) is 3. The number of amides is 1. The van der Waals surface area contributed by atoms with Crippen LogP contribution in [0.1, 0.15) is 17.7 Å². The zero-order valence-electron chi connectivity index (χ0n) is 15.3. The third-order valence-corrected chi connectivity index (χ3v) is 6.12. The highest BCUT2D eigenvalue weighted by atomic mass is 32.2. The molecular formula is C20H17N5O2S2. The quantitative estimate of drug-likeness (QED) is 0.348. The molecule has 0 aliphatic carbocycles. The van der Waals surface area contributed by atoms with Crippen LogP contribution >= 0.6 is 23.1 Å². The second-order valence-corrected chi connectivity index (χ2v) is 8.43. The molecule has 0 spiro atoms. The maximum Gasteiger partial charge on any atom is 0.271 e. The van der Waals surface area contributed by atoms with E-state index in [4.69, 9.17) is 0 Å². The van der Waals surface area contributed by atoms with Crippen LogP contribution in [-0.2, 0) is 17.0 Å². The van der Waals surface area contributed by atoms with Crippen LogP contribution in [0, 0.1) is 0 Å². The zero-order valence-corrected chi connectivity index (χ0v) is 16.9. The van der Waals surface area contributed by atoms with Crippen molar-refractivity contribution < 1.29 is 4.79 Å². The third kappa shape index (κ3) is 5.07. The van der Waals surface area contributed by atoms with Crippen molar-refractivity contribution >= 4 is 45.2 Å². The SMILES string of the molecule is O=C(CCc1ccccc1)Nc1nnc(SCc2nc3ccccc3[nH]c2=O)s1. The van der Waals surface area contributed by atoms with Gasteiger partial charge >= 0.3 is 0 Å². The number of carbonyl (C=O) groups excluding carboxylic acids is 1. The molecule has 0 aliphatic heterocycles. The van der Waals surface area contributed by atoms with Crippen molar-refractivity contribution in [2.75, 3.05) is 5.32 Å². The minimum atomic E-state index is -0.213. The number of carbonyl (C=O) groups is 1. The predicted molar refractivity (Wildman–Crippen MR) is 115 cm³/mol. The van der Waals surface area contributed by atoms with E-state index in [0.29, 0.717) is 39.3 Å². The zero-order chi connectivity index (χ0) is 20.1. The first-order chi connectivity index (χ1) is 14.2. The molecule has 2 N–H and O–H groups in total. The van der Waals surface area contributed by atoms with E-state index in [1.165, 1.54) is 23.1 Å². The van der Waals surface area contributed by atoms with Crippen molar-refractivity contribution in [2.24, 2.45) is 0 Å². The number of nitrogens with one attached hydrogen (secondary N) is 2. The summed E-state index contributed by atoms with van der Waals surface area (Å²) in [6.07, 6.45) is 1.05. The molecule has 0 bridgehead atoms. The fraction of sp³-hybridized carbons (Fsp3) is 0.150. The van der Waals surface area contributed by atoms with Crippen LogP contribution in [0.4, 0.5) is 5.13 Å². The standard InChI is InChI=1S/C20H17N5O2S2/c26-17(11-10-13-6-2-1-3-7-13)23-19-24-25-20(29-19)28-12-16-18(27)22-15-9-5-4-8-14(15)21-16/h1-9H,10-12H2,(H,22,27)(H,23,24,26). The van der Waals surface area contributed by atoms with Gasteiger partial charge in [0.2, 0.25) is 11.0 Å². The second kappa shape index (κ2) is 8.97. The molecule has 1 amide bonds. The third-order valence-electron chi connectivity index (χ3n) is 4.14. The Morgan fingerprint density at radius 1 is 1.07 bits per heavy atom. The topological polar surface area (TPSA) is 101 Å². The van der Waals surface area contributed by atoms with Gasteiger partial charge in [-0.15, -0.1) is 10.2 Å². The van der Waals surface area contributed by atoms with Gasteiger partial charge in [0.1, 0.15) is 5.69 Å². The number of fused-ring (bicyclic) bond motifs is 1. The summed E-state index contributed by atoms with van der Waals surface area (Å²) in [5.41, 5.74) is 2.78. The highest BCUT2D eigenvalue weighted by Gasteiger charge is 2.11. The molecule has 2 aromatic carbocycles. The van der Waals surface area contributed by atoms with Gasteiger partial charge in [-0.2, -0.15) is 0 Å². The molecule has 0 aliphatic rings. The summed E-state index contributed by atoms with van der Waals surface area (Å²) in [5, 5.41) is 11.3. The lowest BCUT2D eigenvalue weighted by molar-refractivity contribution is -0.116. The van der Waals surface area contributed by atoms with E-state index in [1.54, 1.807) is 0 Å². The molecule has 2 heterocycles. The molecule has 9 heteroatoms. The van der Waals surface area contributed by atoms with Crippen LogP contribution in [-0.4, -0.2) is 26.1 Å². The van der Waals surface area contributed by atoms with Gasteiger partial charge in [0.15, 0.2) is 4.34 Å². The summed E-state index contributed by atoms with van der Waals surface area (Å²) < 4.78 is 0.665. The largest absolute Gasteiger partial charge is 0.319 e. The molecule has 4 aromatic rings. The summed E-state index contributed by atoms with van der Waals surface area (Å²) in [6, 6.07) is 17.3. The van der Waals surface area contributed by atoms with Crippen molar-refractivity contribution in [1.82, 2.24) is 20.2 Å². The second-order valence-electron chi connectivity index (χ2n) is 6.23. The Morgan fingerprint density at radius 2 is 1.86 bits per heavy atom. The normalized spacial score (nSPS) is 10.9. The molecule has 0 unspecified atom stereocenters. The summed E-state index contributed by atoms with van der Waals surface area (Å²) in [7, 11) is 0. The number of aromatic nitrogens is 4. The number of hydrogen-bond acceptors (Lipinski definition) is 7. The number of para-hydroxylation sites is 2. The van der Waals surface area contributed by atoms with E-state index in [0.717, 1.165) is 11.1 Å². The monoisotopic (exact) mass is 423 g/mol. The van der Waals surface area contributed by atoms with Crippen molar-refractivity contribution in [3.63, 3.8) is 0 Å². The highest BCUT2D eigenvalue weighted by molar-refractivity contribution is 8.00. The van der Waals surface area contributed by atoms with Gasteiger partial charge in [0, 0.05) is 12.2 Å². The fourth-order valence-electron chi connectivity index (χ4n) is 2.70. The first kappa shape index (κ1) is 19.3. The Morgan fingerprint density at radius 3 is 2.72 bits per heavy atom. The smallest absolute Gasteiger partial charge is 0.271 e. The number of anilines is 1. The molecule has 29 heavy (non-hydrogen) atoms. The Balaban J connectivity index is 1.33. The molecule has 0 saturated heterocycles. The minimum absolute atomic E-state index is 0.103. The lowest BCUT2D eigenvalue weighted by Gasteiger charge is -2.01. The molecule has 7 nitrogen and oxygen atoms in total. The number of benzene rings is 2. The van der Waals surface area contributed by atoms with Gasteiger partial charge in [0.25, 0.3) is 5.56 Å². The summed E-state index contributed by atoms with van der Waals surface area (Å²) >= 11 is 2.65. The van der Waals surface area contributed by atoms with Gasteiger partial charge in [-0.1, -0.05) is 65.6 Å². The molecule has 2 aromatic heterocycles. The molecular weight excluding hydrogens is 406 g/mol. The van der Waals surface area contributed by atoms with Gasteiger partial charge in [-0.05, 0) is 24.1 Å². The maximum absolute atomic E-state index is 12.2. The summed E-state index contributed by atoms with van der Waals surface area (Å²) in [6.45, 7) is 0. The van der Waals surface area contributed by atoms with Crippen LogP contribution in [0.3, 0.4) is 0 Å². The number of thioether (sulfide) groups is 1. The number of hydrogen-bond donors (Lipinski definition) is 2. The molecule has 4 rings (SSSR count). The Bertz CT molecular complexity index is 1190. The Labute approximate surface area is 174 Å². The Kier molecular flexibility index (Phi) is 5.97. The maximum atomic E-state index is 12.2. The van der Waals surface area contributed by atoms with E-state index in [9.17, 15) is 9.59 Å². The van der Waals surface area contributed by atoms with Gasteiger partial charge in [-0.3, -0.25) is 9.59 Å². The van der Waals surface area contributed by atoms with Crippen LogP contribution in [0.25, 0.3) is 11.0 Å². The van der Waals surface area contributed by atoms with Crippen LogP contribution in [0.5, 0.6) is 0 Å². The number of H-pyrrole nitrogens is 1. The molecule has 146 valence electrons. The van der Waals surface area contributed by atoms with Gasteiger partial charge in [-0.25, -0.2) is 4.98 Å². The number of aryl methyl sites for hydroxylation is 1. The van der Waals surface area contributed by atoms with Gasteiger partial charge < -0.3 is 10.3 Å². The highest BCUT2D eigenvalue weighted by Crippen LogP contribution is 2.27. The molecule has 0 atom stereocenters. The minimum Gasteiger partial charge on any atom is -0.319 e. The van der Waals surface area contributed by atoms with E-state index in [1.807, 2.05) is 54.6 Å². The van der Waals surface area contributed by atoms with Crippen molar-refractivity contribution in [1.29, 1.82) is 0 Å². The van der Waals surface area contributed by atoms with Crippen LogP contribution < -0.4 is 10.9 Å². The summed E-state index contributed by atoms with van der Waals surface area (Å²) in [5.74, 6) is 0.269. The molecule has 0 saturated carbocycles. The fourth-order valence-corrected chi connectivity index (χ4v) is 4.40. The van der Waals surface area contributed by atoms with Gasteiger partial charge in [0.05, 0.1) is 11.0 Å².